The zero-order chi connectivity index (χ0) is 13.8. The first-order valence-electron chi connectivity index (χ1n) is 5.66. The zero-order valence-corrected chi connectivity index (χ0v) is 10.8. The number of carboxylic acid groups (broad SMARTS) is 1. The molecule has 1 aromatic carbocycles. The number of anilines is 2. The molecular formula is C13H18N2O3. The van der Waals surface area contributed by atoms with E-state index >= 15 is 0 Å². The number of hydrogen-bond acceptors (Lipinski definition) is 3. The Morgan fingerprint density at radius 3 is 2.44 bits per heavy atom. The van der Waals surface area contributed by atoms with Gasteiger partial charge in [-0.05, 0) is 32.0 Å². The molecule has 5 heteroatoms. The van der Waals surface area contributed by atoms with Gasteiger partial charge in [0, 0.05) is 24.8 Å². The average Bonchev–Trinajstić information content (AvgIpc) is 2.26. The number of carboxylic acids is 1. The topological polar surface area (TPSA) is 78.4 Å². The monoisotopic (exact) mass is 250 g/mol. The number of rotatable bonds is 5. The lowest BCUT2D eigenvalue weighted by atomic mass is 9.94. The standard InChI is InChI=1S/C13H18N2O3/c1-9(16)15-11-6-4-5-10(7-11)14-8-13(2,3)12(17)18/h4-7,14H,8H2,1-3H3,(H,15,16)(H,17,18). The van der Waals surface area contributed by atoms with E-state index in [0.29, 0.717) is 12.2 Å². The molecule has 1 rings (SSSR count). The van der Waals surface area contributed by atoms with Crippen LogP contribution in [-0.2, 0) is 9.59 Å². The molecule has 0 aliphatic heterocycles. The molecule has 18 heavy (non-hydrogen) atoms. The van der Waals surface area contributed by atoms with Crippen LogP contribution in [0, 0.1) is 5.41 Å². The third-order valence-electron chi connectivity index (χ3n) is 2.50. The summed E-state index contributed by atoms with van der Waals surface area (Å²) in [4.78, 5) is 21.9. The molecule has 0 aromatic heterocycles. The van der Waals surface area contributed by atoms with Crippen molar-refractivity contribution < 1.29 is 14.7 Å². The van der Waals surface area contributed by atoms with E-state index in [1.54, 1.807) is 32.0 Å². The van der Waals surface area contributed by atoms with Crippen LogP contribution in [0.1, 0.15) is 20.8 Å². The average molecular weight is 250 g/mol. The van der Waals surface area contributed by atoms with E-state index in [1.807, 2.05) is 6.07 Å². The Kier molecular flexibility index (Phi) is 4.31. The lowest BCUT2D eigenvalue weighted by Crippen LogP contribution is -2.31. The summed E-state index contributed by atoms with van der Waals surface area (Å²) in [5.74, 6) is -0.994. The van der Waals surface area contributed by atoms with Gasteiger partial charge in [0.25, 0.3) is 0 Å². The van der Waals surface area contributed by atoms with Crippen molar-refractivity contribution in [2.45, 2.75) is 20.8 Å². The van der Waals surface area contributed by atoms with E-state index in [-0.39, 0.29) is 5.91 Å². The van der Waals surface area contributed by atoms with Gasteiger partial charge in [-0.1, -0.05) is 6.07 Å². The highest BCUT2D eigenvalue weighted by Crippen LogP contribution is 2.19. The summed E-state index contributed by atoms with van der Waals surface area (Å²) in [7, 11) is 0. The smallest absolute Gasteiger partial charge is 0.310 e. The highest BCUT2D eigenvalue weighted by molar-refractivity contribution is 5.89. The Labute approximate surface area is 106 Å². The number of hydrogen-bond donors (Lipinski definition) is 3. The second-order valence-electron chi connectivity index (χ2n) is 4.80. The molecule has 0 aliphatic carbocycles. The van der Waals surface area contributed by atoms with E-state index in [4.69, 9.17) is 5.11 Å². The van der Waals surface area contributed by atoms with Crippen molar-refractivity contribution in [2.75, 3.05) is 17.2 Å². The molecule has 5 nitrogen and oxygen atoms in total. The minimum Gasteiger partial charge on any atom is -0.481 e. The van der Waals surface area contributed by atoms with Crippen molar-refractivity contribution >= 4 is 23.3 Å². The molecule has 1 aromatic rings. The Morgan fingerprint density at radius 1 is 1.28 bits per heavy atom. The summed E-state index contributed by atoms with van der Waals surface area (Å²) in [5, 5.41) is 14.7. The molecule has 0 saturated heterocycles. The Balaban J connectivity index is 2.68. The predicted octanol–water partition coefficient (Wildman–Crippen LogP) is 2.17. The van der Waals surface area contributed by atoms with E-state index in [2.05, 4.69) is 10.6 Å². The van der Waals surface area contributed by atoms with Gasteiger partial charge in [-0.3, -0.25) is 9.59 Å². The minimum absolute atomic E-state index is 0.141. The zero-order valence-electron chi connectivity index (χ0n) is 10.8. The van der Waals surface area contributed by atoms with E-state index in [1.165, 1.54) is 6.92 Å². The van der Waals surface area contributed by atoms with Gasteiger partial charge in [-0.2, -0.15) is 0 Å². The van der Waals surface area contributed by atoms with Crippen molar-refractivity contribution in [3.63, 3.8) is 0 Å². The first-order valence-corrected chi connectivity index (χ1v) is 5.66. The van der Waals surface area contributed by atoms with Crippen LogP contribution in [0.15, 0.2) is 24.3 Å². The van der Waals surface area contributed by atoms with Crippen molar-refractivity contribution in [3.05, 3.63) is 24.3 Å². The Bertz CT molecular complexity index is 455. The number of amides is 1. The summed E-state index contributed by atoms with van der Waals surface area (Å²) < 4.78 is 0. The number of nitrogens with one attached hydrogen (secondary N) is 2. The predicted molar refractivity (Wildman–Crippen MR) is 70.7 cm³/mol. The molecule has 0 radical (unpaired) electrons. The molecule has 0 heterocycles. The Hall–Kier alpha value is -2.04. The second kappa shape index (κ2) is 5.53. The molecular weight excluding hydrogens is 232 g/mol. The van der Waals surface area contributed by atoms with Crippen molar-refractivity contribution in [1.82, 2.24) is 0 Å². The lowest BCUT2D eigenvalue weighted by molar-refractivity contribution is -0.146. The largest absolute Gasteiger partial charge is 0.481 e. The van der Waals surface area contributed by atoms with Crippen LogP contribution in [0.5, 0.6) is 0 Å². The summed E-state index contributed by atoms with van der Waals surface area (Å²) in [6.07, 6.45) is 0. The fourth-order valence-electron chi connectivity index (χ4n) is 1.31. The summed E-state index contributed by atoms with van der Waals surface area (Å²) in [5.41, 5.74) is 0.612. The van der Waals surface area contributed by atoms with Gasteiger partial charge >= 0.3 is 5.97 Å². The normalized spacial score (nSPS) is 10.8. The van der Waals surface area contributed by atoms with Gasteiger partial charge in [0.2, 0.25) is 5.91 Å². The molecule has 98 valence electrons. The van der Waals surface area contributed by atoms with Gasteiger partial charge in [0.05, 0.1) is 5.41 Å². The van der Waals surface area contributed by atoms with E-state index < -0.39 is 11.4 Å². The third kappa shape index (κ3) is 4.08. The maximum absolute atomic E-state index is 11.0. The van der Waals surface area contributed by atoms with Gasteiger partial charge in [-0.25, -0.2) is 0 Å². The second-order valence-corrected chi connectivity index (χ2v) is 4.80. The number of carbonyl (C=O) groups is 2. The van der Waals surface area contributed by atoms with E-state index in [9.17, 15) is 9.59 Å². The minimum atomic E-state index is -0.854. The fourth-order valence-corrected chi connectivity index (χ4v) is 1.31. The van der Waals surface area contributed by atoms with Crippen molar-refractivity contribution in [1.29, 1.82) is 0 Å². The molecule has 0 fully saturated rings. The van der Waals surface area contributed by atoms with Gasteiger partial charge < -0.3 is 15.7 Å². The molecule has 3 N–H and O–H groups in total. The fraction of sp³-hybridized carbons (Fsp3) is 0.385. The first-order chi connectivity index (χ1) is 8.31. The van der Waals surface area contributed by atoms with E-state index in [0.717, 1.165) is 5.69 Å². The molecule has 0 bridgehead atoms. The maximum atomic E-state index is 11.0. The number of benzene rings is 1. The van der Waals surface area contributed by atoms with Crippen LogP contribution in [0.25, 0.3) is 0 Å². The molecule has 0 aliphatic rings. The number of carbonyl (C=O) groups excluding carboxylic acids is 1. The molecule has 0 spiro atoms. The lowest BCUT2D eigenvalue weighted by Gasteiger charge is -2.20. The molecule has 0 unspecified atom stereocenters. The van der Waals surface area contributed by atoms with Gasteiger partial charge in [0.1, 0.15) is 0 Å². The first kappa shape index (κ1) is 14.0. The number of aliphatic carboxylic acids is 1. The van der Waals surface area contributed by atoms with Gasteiger partial charge in [-0.15, -0.1) is 0 Å². The van der Waals surface area contributed by atoms with Crippen molar-refractivity contribution in [2.24, 2.45) is 5.41 Å². The SMILES string of the molecule is CC(=O)Nc1cccc(NCC(C)(C)C(=O)O)c1. The summed E-state index contributed by atoms with van der Waals surface area (Å²) in [6.45, 7) is 5.06. The Morgan fingerprint density at radius 2 is 1.89 bits per heavy atom. The molecule has 1 amide bonds. The third-order valence-corrected chi connectivity index (χ3v) is 2.50. The maximum Gasteiger partial charge on any atom is 0.310 e. The van der Waals surface area contributed by atoms with Crippen molar-refractivity contribution in [3.8, 4) is 0 Å². The van der Waals surface area contributed by atoms with Crippen LogP contribution < -0.4 is 10.6 Å². The highest BCUT2D eigenvalue weighted by Gasteiger charge is 2.26. The summed E-state index contributed by atoms with van der Waals surface area (Å²) in [6, 6.07) is 7.15. The molecule has 0 atom stereocenters. The van der Waals surface area contributed by atoms with Crippen LogP contribution in [0.3, 0.4) is 0 Å². The van der Waals surface area contributed by atoms with Crippen LogP contribution in [0.2, 0.25) is 0 Å². The van der Waals surface area contributed by atoms with Crippen LogP contribution in [0.4, 0.5) is 11.4 Å². The molecule has 0 saturated carbocycles. The van der Waals surface area contributed by atoms with Gasteiger partial charge in [0.15, 0.2) is 0 Å². The quantitative estimate of drug-likeness (QED) is 0.748. The highest BCUT2D eigenvalue weighted by atomic mass is 16.4. The van der Waals surface area contributed by atoms with Crippen LogP contribution >= 0.6 is 0 Å². The van der Waals surface area contributed by atoms with Crippen LogP contribution in [-0.4, -0.2) is 23.5 Å². The summed E-state index contributed by atoms with van der Waals surface area (Å²) >= 11 is 0.